The number of nitrogens with zero attached hydrogens (tertiary/aromatic N) is 1. The molecule has 0 bridgehead atoms. The molecule has 0 aliphatic carbocycles. The lowest BCUT2D eigenvalue weighted by Gasteiger charge is -2.10. The third kappa shape index (κ3) is 6.66. The SMILES string of the molecule is COc1cc(/C=N\NC(=O)CNC(=O)c2cccc(C)c2)ccc1OC(=O)c1ccccc1Cl. The van der Waals surface area contributed by atoms with E-state index in [0.717, 1.165) is 5.56 Å². The Hall–Kier alpha value is -4.17. The lowest BCUT2D eigenvalue weighted by molar-refractivity contribution is -0.120. The number of hydrogen-bond acceptors (Lipinski definition) is 6. The predicted molar refractivity (Wildman–Crippen MR) is 129 cm³/mol. The molecule has 0 heterocycles. The van der Waals surface area contributed by atoms with Crippen LogP contribution < -0.4 is 20.2 Å². The summed E-state index contributed by atoms with van der Waals surface area (Å²) in [5.41, 5.74) is 4.57. The third-order valence-corrected chi connectivity index (χ3v) is 4.91. The van der Waals surface area contributed by atoms with Gasteiger partial charge in [0, 0.05) is 5.56 Å². The summed E-state index contributed by atoms with van der Waals surface area (Å²) >= 11 is 6.04. The minimum absolute atomic E-state index is 0.201. The van der Waals surface area contributed by atoms with Crippen molar-refractivity contribution in [3.8, 4) is 11.5 Å². The number of halogens is 1. The van der Waals surface area contributed by atoms with Gasteiger partial charge in [0.2, 0.25) is 0 Å². The van der Waals surface area contributed by atoms with Gasteiger partial charge >= 0.3 is 5.97 Å². The fourth-order valence-corrected chi connectivity index (χ4v) is 3.11. The highest BCUT2D eigenvalue weighted by molar-refractivity contribution is 6.33. The van der Waals surface area contributed by atoms with E-state index in [1.54, 1.807) is 60.7 Å². The summed E-state index contributed by atoms with van der Waals surface area (Å²) in [6, 6.07) is 18.4. The van der Waals surface area contributed by atoms with Gasteiger partial charge in [-0.3, -0.25) is 9.59 Å². The standard InChI is InChI=1S/C25H22ClN3O5/c1-16-6-5-7-18(12-16)24(31)27-15-23(30)29-28-14-17-10-11-21(22(13-17)33-2)34-25(32)19-8-3-4-9-20(19)26/h3-14H,15H2,1-2H3,(H,27,31)(H,29,30)/b28-14-. The first-order valence-electron chi connectivity index (χ1n) is 10.2. The Balaban J connectivity index is 1.55. The first kappa shape index (κ1) is 24.5. The van der Waals surface area contributed by atoms with Gasteiger partial charge in [0.1, 0.15) is 0 Å². The van der Waals surface area contributed by atoms with Crippen LogP contribution in [0.15, 0.2) is 71.8 Å². The third-order valence-electron chi connectivity index (χ3n) is 4.58. The summed E-state index contributed by atoms with van der Waals surface area (Å²) < 4.78 is 10.7. The summed E-state index contributed by atoms with van der Waals surface area (Å²) in [5, 5.41) is 6.69. The summed E-state index contributed by atoms with van der Waals surface area (Å²) in [4.78, 5) is 36.4. The molecule has 0 saturated heterocycles. The number of nitrogens with one attached hydrogen (secondary N) is 2. The van der Waals surface area contributed by atoms with E-state index in [9.17, 15) is 14.4 Å². The second kappa shape index (κ2) is 11.6. The van der Waals surface area contributed by atoms with Crippen LogP contribution in [-0.4, -0.2) is 37.7 Å². The maximum atomic E-state index is 12.4. The number of methoxy groups -OCH3 is 1. The molecule has 3 aromatic rings. The van der Waals surface area contributed by atoms with Gasteiger partial charge in [0.25, 0.3) is 11.8 Å². The molecule has 8 nitrogen and oxygen atoms in total. The van der Waals surface area contributed by atoms with Gasteiger partial charge in [0.05, 0.1) is 30.5 Å². The zero-order chi connectivity index (χ0) is 24.5. The van der Waals surface area contributed by atoms with E-state index < -0.39 is 11.9 Å². The van der Waals surface area contributed by atoms with Gasteiger partial charge in [-0.05, 0) is 55.0 Å². The smallest absolute Gasteiger partial charge is 0.345 e. The quantitative estimate of drug-likeness (QED) is 0.221. The average molecular weight is 480 g/mol. The van der Waals surface area contributed by atoms with Gasteiger partial charge in [0.15, 0.2) is 11.5 Å². The summed E-state index contributed by atoms with van der Waals surface area (Å²) in [5.74, 6) is -0.970. The molecule has 0 spiro atoms. The molecule has 0 aromatic heterocycles. The molecule has 0 aliphatic rings. The van der Waals surface area contributed by atoms with Crippen molar-refractivity contribution in [3.63, 3.8) is 0 Å². The summed E-state index contributed by atoms with van der Waals surface area (Å²) in [6.45, 7) is 1.65. The highest BCUT2D eigenvalue weighted by Gasteiger charge is 2.15. The van der Waals surface area contributed by atoms with Crippen LogP contribution in [0, 0.1) is 6.92 Å². The van der Waals surface area contributed by atoms with E-state index in [1.807, 2.05) is 13.0 Å². The first-order valence-corrected chi connectivity index (χ1v) is 10.6. The molecule has 3 rings (SSSR count). The van der Waals surface area contributed by atoms with Crippen molar-refractivity contribution in [1.29, 1.82) is 0 Å². The maximum absolute atomic E-state index is 12.4. The summed E-state index contributed by atoms with van der Waals surface area (Å²) in [6.07, 6.45) is 1.39. The molecule has 3 aromatic carbocycles. The molecule has 2 amide bonds. The van der Waals surface area contributed by atoms with Gasteiger partial charge in [-0.2, -0.15) is 5.10 Å². The van der Waals surface area contributed by atoms with Gasteiger partial charge in [-0.15, -0.1) is 0 Å². The molecule has 34 heavy (non-hydrogen) atoms. The Morgan fingerprint density at radius 3 is 2.53 bits per heavy atom. The molecule has 0 unspecified atom stereocenters. The van der Waals surface area contributed by atoms with E-state index in [4.69, 9.17) is 21.1 Å². The number of ether oxygens (including phenoxy) is 2. The number of esters is 1. The Bertz CT molecular complexity index is 1240. The highest BCUT2D eigenvalue weighted by Crippen LogP contribution is 2.29. The first-order chi connectivity index (χ1) is 16.4. The lowest BCUT2D eigenvalue weighted by Crippen LogP contribution is -2.34. The van der Waals surface area contributed by atoms with Gasteiger partial charge < -0.3 is 14.8 Å². The Labute approximate surface area is 201 Å². The molecular weight excluding hydrogens is 458 g/mol. The number of hydrogen-bond donors (Lipinski definition) is 2. The number of hydrazone groups is 1. The minimum atomic E-state index is -0.620. The number of aryl methyl sites for hydroxylation is 1. The second-order valence-corrected chi connectivity index (χ2v) is 7.53. The van der Waals surface area contributed by atoms with Gasteiger partial charge in [-0.1, -0.05) is 41.4 Å². The number of amides is 2. The Morgan fingerprint density at radius 1 is 1.00 bits per heavy atom. The maximum Gasteiger partial charge on any atom is 0.345 e. The van der Waals surface area contributed by atoms with E-state index in [0.29, 0.717) is 16.9 Å². The van der Waals surface area contributed by atoms with Crippen LogP contribution in [0.5, 0.6) is 11.5 Å². The van der Waals surface area contributed by atoms with Crippen molar-refractivity contribution >= 4 is 35.6 Å². The van der Waals surface area contributed by atoms with Crippen molar-refractivity contribution in [2.24, 2.45) is 5.10 Å². The number of rotatable bonds is 8. The van der Waals surface area contributed by atoms with E-state index in [-0.39, 0.29) is 28.8 Å². The second-order valence-electron chi connectivity index (χ2n) is 7.12. The van der Waals surface area contributed by atoms with Crippen LogP contribution in [0.2, 0.25) is 5.02 Å². The average Bonchev–Trinajstić information content (AvgIpc) is 2.83. The van der Waals surface area contributed by atoms with Crippen molar-refractivity contribution < 1.29 is 23.9 Å². The summed E-state index contributed by atoms with van der Waals surface area (Å²) in [7, 11) is 1.43. The number of carbonyl (C=O) groups excluding carboxylic acids is 3. The van der Waals surface area contributed by atoms with Crippen LogP contribution in [0.4, 0.5) is 0 Å². The van der Waals surface area contributed by atoms with Crippen LogP contribution >= 0.6 is 11.6 Å². The normalized spacial score (nSPS) is 10.6. The van der Waals surface area contributed by atoms with Crippen LogP contribution in [0.1, 0.15) is 31.8 Å². The van der Waals surface area contributed by atoms with Crippen LogP contribution in [-0.2, 0) is 4.79 Å². The predicted octanol–water partition coefficient (Wildman–Crippen LogP) is 3.76. The molecule has 0 fully saturated rings. The molecule has 0 saturated carbocycles. The largest absolute Gasteiger partial charge is 0.493 e. The van der Waals surface area contributed by atoms with Crippen LogP contribution in [0.3, 0.4) is 0 Å². The van der Waals surface area contributed by atoms with E-state index in [1.165, 1.54) is 13.3 Å². The Kier molecular flexibility index (Phi) is 8.37. The molecule has 0 atom stereocenters. The molecule has 9 heteroatoms. The van der Waals surface area contributed by atoms with Crippen LogP contribution in [0.25, 0.3) is 0 Å². The van der Waals surface area contributed by atoms with E-state index >= 15 is 0 Å². The molecule has 2 N–H and O–H groups in total. The van der Waals surface area contributed by atoms with Crippen molar-refractivity contribution in [2.75, 3.05) is 13.7 Å². The zero-order valence-electron chi connectivity index (χ0n) is 18.5. The molecule has 0 radical (unpaired) electrons. The number of carbonyl (C=O) groups is 3. The lowest BCUT2D eigenvalue weighted by atomic mass is 10.1. The minimum Gasteiger partial charge on any atom is -0.493 e. The fourth-order valence-electron chi connectivity index (χ4n) is 2.90. The molecule has 0 aliphatic heterocycles. The van der Waals surface area contributed by atoms with Crippen molar-refractivity contribution in [3.05, 3.63) is 94.0 Å². The molecule has 174 valence electrons. The van der Waals surface area contributed by atoms with E-state index in [2.05, 4.69) is 15.8 Å². The topological polar surface area (TPSA) is 106 Å². The van der Waals surface area contributed by atoms with Crippen molar-refractivity contribution in [2.45, 2.75) is 6.92 Å². The Morgan fingerprint density at radius 2 is 1.79 bits per heavy atom. The zero-order valence-corrected chi connectivity index (χ0v) is 19.3. The highest BCUT2D eigenvalue weighted by atomic mass is 35.5. The fraction of sp³-hybridized carbons (Fsp3) is 0.120. The van der Waals surface area contributed by atoms with Crippen molar-refractivity contribution in [1.82, 2.24) is 10.7 Å². The number of benzene rings is 3. The monoisotopic (exact) mass is 479 g/mol. The van der Waals surface area contributed by atoms with Gasteiger partial charge in [-0.25, -0.2) is 10.2 Å². The molecular formula is C25H22ClN3O5.